The van der Waals surface area contributed by atoms with Crippen molar-refractivity contribution in [3.8, 4) is 0 Å². The van der Waals surface area contributed by atoms with Gasteiger partial charge in [0.05, 0.1) is 6.10 Å². The van der Waals surface area contributed by atoms with E-state index in [0.29, 0.717) is 5.41 Å². The first kappa shape index (κ1) is 14.3. The number of fused-ring (bicyclic) bond motifs is 5. The van der Waals surface area contributed by atoms with Gasteiger partial charge in [-0.2, -0.15) is 0 Å². The highest BCUT2D eigenvalue weighted by molar-refractivity contribution is 6.29. The van der Waals surface area contributed by atoms with Gasteiger partial charge < -0.3 is 5.11 Å². The standard InChI is InChI=1S/C19H27ClO/c1-18-9-7-13(20)11-12(18)3-4-14-15-5-6-17(21)19(15,2)10-8-16(14)18/h3,11,14-17,21H,4-10H2,1-2H3/t14-,15-,16-,17-,18-,19-/m0/s1. The summed E-state index contributed by atoms with van der Waals surface area (Å²) in [6.45, 7) is 4.83. The Balaban J connectivity index is 1.72. The number of rotatable bonds is 0. The number of aliphatic hydroxyl groups excluding tert-OH is 1. The molecule has 0 unspecified atom stereocenters. The lowest BCUT2D eigenvalue weighted by atomic mass is 9.49. The van der Waals surface area contributed by atoms with Crippen LogP contribution in [0.15, 0.2) is 22.8 Å². The molecule has 4 aliphatic carbocycles. The van der Waals surface area contributed by atoms with Gasteiger partial charge in [0.25, 0.3) is 0 Å². The average Bonchev–Trinajstić information content (AvgIpc) is 2.76. The molecule has 21 heavy (non-hydrogen) atoms. The maximum absolute atomic E-state index is 10.5. The smallest absolute Gasteiger partial charge is 0.0596 e. The van der Waals surface area contributed by atoms with Crippen molar-refractivity contribution >= 4 is 11.6 Å². The molecule has 1 nitrogen and oxygen atoms in total. The molecule has 0 radical (unpaired) electrons. The quantitative estimate of drug-likeness (QED) is 0.664. The highest BCUT2D eigenvalue weighted by Gasteiger charge is 2.57. The summed E-state index contributed by atoms with van der Waals surface area (Å²) in [5, 5.41) is 11.5. The summed E-state index contributed by atoms with van der Waals surface area (Å²) in [6, 6.07) is 0. The molecular formula is C19H27ClO. The first-order valence-electron chi connectivity index (χ1n) is 8.70. The second-order valence-electron chi connectivity index (χ2n) is 8.42. The lowest BCUT2D eigenvalue weighted by Crippen LogP contribution is -2.50. The molecular weight excluding hydrogens is 280 g/mol. The van der Waals surface area contributed by atoms with Crippen LogP contribution in [0.3, 0.4) is 0 Å². The van der Waals surface area contributed by atoms with Gasteiger partial charge in [-0.15, -0.1) is 0 Å². The lowest BCUT2D eigenvalue weighted by Gasteiger charge is -2.56. The Morgan fingerprint density at radius 3 is 2.76 bits per heavy atom. The molecule has 0 amide bonds. The number of hydrogen-bond donors (Lipinski definition) is 1. The van der Waals surface area contributed by atoms with Crippen LogP contribution < -0.4 is 0 Å². The van der Waals surface area contributed by atoms with E-state index in [1.807, 2.05) is 0 Å². The summed E-state index contributed by atoms with van der Waals surface area (Å²) in [4.78, 5) is 0. The third kappa shape index (κ3) is 1.86. The number of hydrogen-bond acceptors (Lipinski definition) is 1. The average molecular weight is 307 g/mol. The zero-order chi connectivity index (χ0) is 14.8. The summed E-state index contributed by atoms with van der Waals surface area (Å²) >= 11 is 6.29. The van der Waals surface area contributed by atoms with Gasteiger partial charge in [-0.1, -0.05) is 31.5 Å². The molecule has 0 heterocycles. The van der Waals surface area contributed by atoms with Gasteiger partial charge in [-0.25, -0.2) is 0 Å². The molecule has 2 heteroatoms. The topological polar surface area (TPSA) is 20.2 Å². The maximum atomic E-state index is 10.5. The SMILES string of the molecule is C[C@]12CC[C@H]3[C@@H](CC=C4C=C(Cl)CC[C@@]43C)[C@@H]1CC[C@@H]2O. The summed E-state index contributed by atoms with van der Waals surface area (Å²) in [5.74, 6) is 2.30. The van der Waals surface area contributed by atoms with Gasteiger partial charge in [-0.05, 0) is 85.2 Å². The van der Waals surface area contributed by atoms with Crippen molar-refractivity contribution in [2.45, 2.75) is 64.9 Å². The molecule has 2 saturated carbocycles. The molecule has 0 saturated heterocycles. The zero-order valence-corrected chi connectivity index (χ0v) is 14.0. The van der Waals surface area contributed by atoms with Crippen molar-refractivity contribution < 1.29 is 5.11 Å². The van der Waals surface area contributed by atoms with Crippen LogP contribution in [0.2, 0.25) is 0 Å². The van der Waals surface area contributed by atoms with E-state index in [1.165, 1.54) is 37.7 Å². The molecule has 1 N–H and O–H groups in total. The van der Waals surface area contributed by atoms with Gasteiger partial charge in [0.1, 0.15) is 0 Å². The molecule has 4 rings (SSSR count). The minimum absolute atomic E-state index is 0.0673. The molecule has 0 aromatic heterocycles. The zero-order valence-electron chi connectivity index (χ0n) is 13.2. The second-order valence-corrected chi connectivity index (χ2v) is 8.90. The fourth-order valence-electron chi connectivity index (χ4n) is 6.26. The van der Waals surface area contributed by atoms with Crippen LogP contribution in [0, 0.1) is 28.6 Å². The molecule has 116 valence electrons. The van der Waals surface area contributed by atoms with E-state index in [4.69, 9.17) is 11.6 Å². The van der Waals surface area contributed by atoms with Crippen molar-refractivity contribution in [3.63, 3.8) is 0 Å². The van der Waals surface area contributed by atoms with E-state index in [0.717, 1.165) is 35.6 Å². The van der Waals surface area contributed by atoms with Gasteiger partial charge in [0.15, 0.2) is 0 Å². The Morgan fingerprint density at radius 1 is 1.14 bits per heavy atom. The third-order valence-corrected chi connectivity index (χ3v) is 7.97. The largest absolute Gasteiger partial charge is 0.393 e. The van der Waals surface area contributed by atoms with Crippen molar-refractivity contribution in [1.82, 2.24) is 0 Å². The van der Waals surface area contributed by atoms with E-state index < -0.39 is 0 Å². The first-order valence-corrected chi connectivity index (χ1v) is 9.08. The fraction of sp³-hybridized carbons (Fsp3) is 0.789. The molecule has 4 aliphatic rings. The Hall–Kier alpha value is -0.270. The van der Waals surface area contributed by atoms with Crippen LogP contribution in [-0.2, 0) is 0 Å². The molecule has 2 fully saturated rings. The molecule has 0 bridgehead atoms. The Morgan fingerprint density at radius 2 is 1.95 bits per heavy atom. The van der Waals surface area contributed by atoms with Crippen LogP contribution in [0.5, 0.6) is 0 Å². The Labute approximate surface area is 133 Å². The van der Waals surface area contributed by atoms with Gasteiger partial charge in [0, 0.05) is 5.03 Å². The summed E-state index contributed by atoms with van der Waals surface area (Å²) in [6.07, 6.45) is 12.8. The second kappa shape index (κ2) is 4.61. The van der Waals surface area contributed by atoms with E-state index in [1.54, 1.807) is 0 Å². The number of allylic oxidation sites excluding steroid dienone is 4. The summed E-state index contributed by atoms with van der Waals surface area (Å²) in [5.41, 5.74) is 2.02. The van der Waals surface area contributed by atoms with Gasteiger partial charge in [0.2, 0.25) is 0 Å². The molecule has 0 aliphatic heterocycles. The number of halogens is 1. The monoisotopic (exact) mass is 306 g/mol. The Kier molecular flexibility index (Phi) is 3.15. The minimum atomic E-state index is -0.0673. The summed E-state index contributed by atoms with van der Waals surface area (Å²) < 4.78 is 0. The van der Waals surface area contributed by atoms with Crippen LogP contribution in [-0.4, -0.2) is 11.2 Å². The van der Waals surface area contributed by atoms with Crippen LogP contribution >= 0.6 is 11.6 Å². The van der Waals surface area contributed by atoms with Crippen LogP contribution in [0.1, 0.15) is 58.8 Å². The third-order valence-electron chi connectivity index (χ3n) is 7.67. The fourth-order valence-corrected chi connectivity index (χ4v) is 6.48. The van der Waals surface area contributed by atoms with E-state index in [2.05, 4.69) is 26.0 Å². The van der Waals surface area contributed by atoms with Crippen LogP contribution in [0.25, 0.3) is 0 Å². The van der Waals surface area contributed by atoms with E-state index in [9.17, 15) is 5.11 Å². The molecule has 0 aromatic carbocycles. The lowest BCUT2D eigenvalue weighted by molar-refractivity contribution is -0.0625. The number of aliphatic hydroxyl groups is 1. The van der Waals surface area contributed by atoms with Gasteiger partial charge >= 0.3 is 0 Å². The van der Waals surface area contributed by atoms with Crippen molar-refractivity contribution in [2.75, 3.05) is 0 Å². The Bertz CT molecular complexity index is 522. The predicted octanol–water partition coefficient (Wildman–Crippen LogP) is 5.04. The first-order chi connectivity index (χ1) is 9.95. The maximum Gasteiger partial charge on any atom is 0.0596 e. The van der Waals surface area contributed by atoms with E-state index >= 15 is 0 Å². The predicted molar refractivity (Wildman–Crippen MR) is 87.0 cm³/mol. The highest BCUT2D eigenvalue weighted by atomic mass is 35.5. The van der Waals surface area contributed by atoms with Crippen LogP contribution in [0.4, 0.5) is 0 Å². The van der Waals surface area contributed by atoms with Gasteiger partial charge in [-0.3, -0.25) is 0 Å². The molecule has 0 spiro atoms. The molecule has 6 atom stereocenters. The van der Waals surface area contributed by atoms with Crippen molar-refractivity contribution in [2.24, 2.45) is 28.6 Å². The summed E-state index contributed by atoms with van der Waals surface area (Å²) in [7, 11) is 0. The van der Waals surface area contributed by atoms with Crippen molar-refractivity contribution in [3.05, 3.63) is 22.8 Å². The van der Waals surface area contributed by atoms with Crippen molar-refractivity contribution in [1.29, 1.82) is 0 Å². The normalized spacial score (nSPS) is 52.4. The minimum Gasteiger partial charge on any atom is -0.393 e. The molecule has 0 aromatic rings. The van der Waals surface area contributed by atoms with E-state index in [-0.39, 0.29) is 11.5 Å². The highest BCUT2D eigenvalue weighted by Crippen LogP contribution is 2.64.